The molecule has 1 aliphatic carbocycles. The fraction of sp³-hybridized carbons (Fsp3) is 0.500. The number of benzene rings is 1. The Kier molecular flexibility index (Phi) is 3.15. The molecule has 2 aliphatic rings. The number of aliphatic hydroxyl groups excluding tert-OH is 2. The minimum atomic E-state index is -0.815. The molecule has 4 nitrogen and oxygen atoms in total. The van der Waals surface area contributed by atoms with Gasteiger partial charge in [-0.1, -0.05) is 28.1 Å². The Balaban J connectivity index is 1.81. The molecule has 2 unspecified atom stereocenters. The highest BCUT2D eigenvalue weighted by Crippen LogP contribution is 2.50. The quantitative estimate of drug-likeness (QED) is 0.854. The van der Waals surface area contributed by atoms with Gasteiger partial charge in [-0.25, -0.2) is 0 Å². The van der Waals surface area contributed by atoms with Crippen LogP contribution < -0.4 is 0 Å². The van der Waals surface area contributed by atoms with Crippen LogP contribution in [0.5, 0.6) is 0 Å². The SMILES string of the molecule is O=C(N1CC(O)C(O)C1)C1(c2ccc(Br)cc2)CC1. The monoisotopic (exact) mass is 325 g/mol. The predicted octanol–water partition coefficient (Wildman–Crippen LogP) is 1.04. The van der Waals surface area contributed by atoms with Gasteiger partial charge < -0.3 is 15.1 Å². The van der Waals surface area contributed by atoms with Gasteiger partial charge in [0, 0.05) is 17.6 Å². The summed E-state index contributed by atoms with van der Waals surface area (Å²) >= 11 is 3.39. The number of amides is 1. The van der Waals surface area contributed by atoms with E-state index in [9.17, 15) is 15.0 Å². The number of carbonyl (C=O) groups is 1. The van der Waals surface area contributed by atoms with Crippen molar-refractivity contribution in [1.82, 2.24) is 4.90 Å². The van der Waals surface area contributed by atoms with Gasteiger partial charge in [-0.3, -0.25) is 4.79 Å². The third-order valence-electron chi connectivity index (χ3n) is 4.10. The fourth-order valence-corrected chi connectivity index (χ4v) is 3.02. The first kappa shape index (κ1) is 13.1. The number of nitrogens with zero attached hydrogens (tertiary/aromatic N) is 1. The van der Waals surface area contributed by atoms with Crippen LogP contribution in [-0.2, 0) is 10.2 Å². The van der Waals surface area contributed by atoms with E-state index < -0.39 is 17.6 Å². The fourth-order valence-electron chi connectivity index (χ4n) is 2.76. The molecule has 0 radical (unpaired) electrons. The first-order valence-corrected chi connectivity index (χ1v) is 7.24. The summed E-state index contributed by atoms with van der Waals surface area (Å²) in [6.45, 7) is 0.469. The zero-order valence-electron chi connectivity index (χ0n) is 10.4. The molecule has 3 rings (SSSR count). The third-order valence-corrected chi connectivity index (χ3v) is 4.63. The number of β-amino-alcohol motifs (C(OH)–C–C–N with tert-alkyl or cyclic N) is 2. The van der Waals surface area contributed by atoms with Gasteiger partial charge in [0.1, 0.15) is 0 Å². The van der Waals surface area contributed by atoms with E-state index in [1.807, 2.05) is 24.3 Å². The Labute approximate surface area is 120 Å². The summed E-state index contributed by atoms with van der Waals surface area (Å²) in [6, 6.07) is 7.82. The molecular weight excluding hydrogens is 310 g/mol. The summed E-state index contributed by atoms with van der Waals surface area (Å²) in [5, 5.41) is 19.1. The molecule has 102 valence electrons. The van der Waals surface area contributed by atoms with Crippen molar-refractivity contribution in [3.05, 3.63) is 34.3 Å². The van der Waals surface area contributed by atoms with Gasteiger partial charge in [-0.15, -0.1) is 0 Å². The lowest BCUT2D eigenvalue weighted by molar-refractivity contribution is -0.133. The normalized spacial score (nSPS) is 28.5. The molecule has 1 saturated heterocycles. The van der Waals surface area contributed by atoms with Crippen molar-refractivity contribution in [3.8, 4) is 0 Å². The van der Waals surface area contributed by atoms with Crippen LogP contribution >= 0.6 is 15.9 Å². The summed E-state index contributed by atoms with van der Waals surface area (Å²) in [6.07, 6.45) is 0.0566. The number of carbonyl (C=O) groups excluding carboxylic acids is 1. The summed E-state index contributed by atoms with van der Waals surface area (Å²) in [5.74, 6) is 0.0328. The number of likely N-dealkylation sites (tertiary alicyclic amines) is 1. The second-order valence-corrected chi connectivity index (χ2v) is 6.35. The van der Waals surface area contributed by atoms with E-state index in [4.69, 9.17) is 0 Å². The van der Waals surface area contributed by atoms with Crippen molar-refractivity contribution in [2.75, 3.05) is 13.1 Å². The number of hydrogen-bond acceptors (Lipinski definition) is 3. The van der Waals surface area contributed by atoms with Gasteiger partial charge >= 0.3 is 0 Å². The zero-order chi connectivity index (χ0) is 13.6. The second-order valence-electron chi connectivity index (χ2n) is 5.43. The second kappa shape index (κ2) is 4.58. The minimum Gasteiger partial charge on any atom is -0.388 e. The van der Waals surface area contributed by atoms with Crippen LogP contribution in [0.15, 0.2) is 28.7 Å². The van der Waals surface area contributed by atoms with Crippen molar-refractivity contribution in [3.63, 3.8) is 0 Å². The minimum absolute atomic E-state index is 0.0328. The number of rotatable bonds is 2. The number of aliphatic hydroxyl groups is 2. The molecule has 0 aromatic heterocycles. The molecule has 2 N–H and O–H groups in total. The Morgan fingerprint density at radius 1 is 1.16 bits per heavy atom. The average Bonchev–Trinajstić information content (AvgIpc) is 3.13. The number of hydrogen-bond donors (Lipinski definition) is 2. The van der Waals surface area contributed by atoms with Crippen LogP contribution in [0.2, 0.25) is 0 Å². The molecule has 1 saturated carbocycles. The smallest absolute Gasteiger partial charge is 0.233 e. The first-order valence-electron chi connectivity index (χ1n) is 6.44. The highest BCUT2D eigenvalue weighted by Gasteiger charge is 2.54. The van der Waals surface area contributed by atoms with Crippen molar-refractivity contribution in [2.45, 2.75) is 30.5 Å². The Bertz CT molecular complexity index is 488. The lowest BCUT2D eigenvalue weighted by atomic mass is 9.94. The average molecular weight is 326 g/mol. The predicted molar refractivity (Wildman–Crippen MR) is 73.6 cm³/mol. The molecule has 1 aliphatic heterocycles. The molecule has 5 heteroatoms. The van der Waals surface area contributed by atoms with Crippen LogP contribution in [0.1, 0.15) is 18.4 Å². The Hall–Kier alpha value is -0.910. The zero-order valence-corrected chi connectivity index (χ0v) is 12.0. The molecule has 1 heterocycles. The summed E-state index contributed by atoms with van der Waals surface area (Å²) < 4.78 is 0.992. The highest BCUT2D eigenvalue weighted by molar-refractivity contribution is 9.10. The molecule has 19 heavy (non-hydrogen) atoms. The Morgan fingerprint density at radius 2 is 1.68 bits per heavy atom. The third kappa shape index (κ3) is 2.20. The standard InChI is InChI=1S/C14H16BrNO3/c15-10-3-1-9(2-4-10)14(5-6-14)13(19)16-7-11(17)12(18)8-16/h1-4,11-12,17-18H,5-8H2. The summed E-state index contributed by atoms with van der Waals surface area (Å²) in [7, 11) is 0. The summed E-state index contributed by atoms with van der Waals surface area (Å²) in [5.41, 5.74) is 0.598. The maximum atomic E-state index is 12.6. The number of halogens is 1. The molecule has 1 amide bonds. The molecular formula is C14H16BrNO3. The van der Waals surface area contributed by atoms with Crippen LogP contribution in [0, 0.1) is 0 Å². The maximum absolute atomic E-state index is 12.6. The lowest BCUT2D eigenvalue weighted by Gasteiger charge is -2.23. The van der Waals surface area contributed by atoms with Gasteiger partial charge in [0.25, 0.3) is 0 Å². The van der Waals surface area contributed by atoms with E-state index in [0.717, 1.165) is 22.9 Å². The van der Waals surface area contributed by atoms with Gasteiger partial charge in [0.15, 0.2) is 0 Å². The van der Waals surface area contributed by atoms with E-state index >= 15 is 0 Å². The first-order chi connectivity index (χ1) is 9.03. The van der Waals surface area contributed by atoms with E-state index in [1.54, 1.807) is 4.90 Å². The molecule has 0 spiro atoms. The molecule has 1 aromatic rings. The van der Waals surface area contributed by atoms with Crippen molar-refractivity contribution >= 4 is 21.8 Å². The largest absolute Gasteiger partial charge is 0.388 e. The highest BCUT2D eigenvalue weighted by atomic mass is 79.9. The van der Waals surface area contributed by atoms with Crippen LogP contribution in [0.25, 0.3) is 0 Å². The van der Waals surface area contributed by atoms with Crippen LogP contribution in [0.3, 0.4) is 0 Å². The van der Waals surface area contributed by atoms with Crippen LogP contribution in [-0.4, -0.2) is 46.3 Å². The summed E-state index contributed by atoms with van der Waals surface area (Å²) in [4.78, 5) is 14.2. The van der Waals surface area contributed by atoms with Crippen LogP contribution in [0.4, 0.5) is 0 Å². The van der Waals surface area contributed by atoms with Gasteiger partial charge in [0.05, 0.1) is 17.6 Å². The van der Waals surface area contributed by atoms with E-state index in [-0.39, 0.29) is 19.0 Å². The van der Waals surface area contributed by atoms with Crippen molar-refractivity contribution in [1.29, 1.82) is 0 Å². The van der Waals surface area contributed by atoms with Crippen molar-refractivity contribution < 1.29 is 15.0 Å². The van der Waals surface area contributed by atoms with Gasteiger partial charge in [-0.05, 0) is 30.5 Å². The van der Waals surface area contributed by atoms with Crippen molar-refractivity contribution in [2.24, 2.45) is 0 Å². The topological polar surface area (TPSA) is 60.8 Å². The maximum Gasteiger partial charge on any atom is 0.233 e. The Morgan fingerprint density at radius 3 is 2.16 bits per heavy atom. The molecule has 1 aromatic carbocycles. The van der Waals surface area contributed by atoms with Gasteiger partial charge in [0.2, 0.25) is 5.91 Å². The lowest BCUT2D eigenvalue weighted by Crippen LogP contribution is -2.38. The van der Waals surface area contributed by atoms with E-state index in [1.165, 1.54) is 0 Å². The van der Waals surface area contributed by atoms with E-state index in [0.29, 0.717) is 0 Å². The molecule has 0 bridgehead atoms. The molecule has 2 fully saturated rings. The molecule has 2 atom stereocenters. The van der Waals surface area contributed by atoms with Gasteiger partial charge in [-0.2, -0.15) is 0 Å². The van der Waals surface area contributed by atoms with E-state index in [2.05, 4.69) is 15.9 Å².